The van der Waals surface area contributed by atoms with Gasteiger partial charge in [0.2, 0.25) is 0 Å². The summed E-state index contributed by atoms with van der Waals surface area (Å²) in [6, 6.07) is 10.3. The molecule has 0 radical (unpaired) electrons. The first kappa shape index (κ1) is 20.7. The number of aromatic nitrogens is 2. The summed E-state index contributed by atoms with van der Waals surface area (Å²) in [6.45, 7) is 9.17. The quantitative estimate of drug-likeness (QED) is 0.596. The van der Waals surface area contributed by atoms with E-state index in [4.69, 9.17) is 9.73 Å². The van der Waals surface area contributed by atoms with Crippen molar-refractivity contribution in [1.82, 2.24) is 24.9 Å². The second-order valence-electron chi connectivity index (χ2n) is 6.82. The number of ether oxygens (including phenoxy) is 1. The lowest BCUT2D eigenvalue weighted by atomic mass is 10.1. The molecule has 29 heavy (non-hydrogen) atoms. The lowest BCUT2D eigenvalue weighted by Gasteiger charge is -2.35. The number of carbonyl (C=O) groups excluding carboxylic acids is 1. The Morgan fingerprint density at radius 2 is 1.83 bits per heavy atom. The molecule has 1 aliphatic heterocycles. The Labute approximate surface area is 172 Å². The maximum atomic E-state index is 11.9. The van der Waals surface area contributed by atoms with Crippen molar-refractivity contribution < 1.29 is 9.53 Å². The number of piperazine rings is 1. The van der Waals surface area contributed by atoms with Gasteiger partial charge in [-0.25, -0.2) is 9.79 Å². The van der Waals surface area contributed by atoms with Crippen molar-refractivity contribution in [1.29, 1.82) is 0 Å². The smallest absolute Gasteiger partial charge is 0.409 e. The molecular weight excluding hydrogens is 368 g/mol. The molecule has 1 fully saturated rings. The first-order chi connectivity index (χ1) is 14.2. The minimum Gasteiger partial charge on any atom is -0.450 e. The predicted molar refractivity (Wildman–Crippen MR) is 113 cm³/mol. The first-order valence-corrected chi connectivity index (χ1v) is 10.2. The van der Waals surface area contributed by atoms with Crippen LogP contribution in [0.5, 0.6) is 0 Å². The van der Waals surface area contributed by atoms with Gasteiger partial charge in [0.15, 0.2) is 5.96 Å². The van der Waals surface area contributed by atoms with Crippen LogP contribution in [0.3, 0.4) is 0 Å². The highest BCUT2D eigenvalue weighted by atomic mass is 16.6. The maximum absolute atomic E-state index is 11.9. The van der Waals surface area contributed by atoms with Gasteiger partial charge in [0.1, 0.15) is 0 Å². The summed E-state index contributed by atoms with van der Waals surface area (Å²) in [7, 11) is 0. The molecule has 1 saturated heterocycles. The van der Waals surface area contributed by atoms with Gasteiger partial charge >= 0.3 is 6.09 Å². The average molecular weight is 399 g/mol. The zero-order valence-electron chi connectivity index (χ0n) is 17.3. The molecular formula is C21H30N6O2. The number of guanidine groups is 1. The highest BCUT2D eigenvalue weighted by Crippen LogP contribution is 2.13. The van der Waals surface area contributed by atoms with Crippen molar-refractivity contribution in [2.24, 2.45) is 4.99 Å². The lowest BCUT2D eigenvalue weighted by Crippen LogP contribution is -2.53. The zero-order valence-corrected chi connectivity index (χ0v) is 17.3. The largest absolute Gasteiger partial charge is 0.450 e. The number of aliphatic imine (C=N–C) groups is 1. The van der Waals surface area contributed by atoms with Crippen LogP contribution in [0.1, 0.15) is 25.0 Å². The summed E-state index contributed by atoms with van der Waals surface area (Å²) in [5.41, 5.74) is 2.39. The number of hydrogen-bond donors (Lipinski definition) is 1. The molecule has 1 aliphatic rings. The van der Waals surface area contributed by atoms with Gasteiger partial charge in [0.25, 0.3) is 0 Å². The Kier molecular flexibility index (Phi) is 7.49. The van der Waals surface area contributed by atoms with Crippen LogP contribution in [0, 0.1) is 0 Å². The van der Waals surface area contributed by atoms with Crippen LogP contribution in [0.2, 0.25) is 0 Å². The number of nitrogens with zero attached hydrogens (tertiary/aromatic N) is 5. The fourth-order valence-electron chi connectivity index (χ4n) is 3.34. The number of nitrogens with one attached hydrogen (secondary N) is 1. The molecule has 0 unspecified atom stereocenters. The third-order valence-electron chi connectivity index (χ3n) is 4.85. The van der Waals surface area contributed by atoms with E-state index in [1.54, 1.807) is 11.1 Å². The van der Waals surface area contributed by atoms with E-state index in [0.29, 0.717) is 26.2 Å². The normalized spacial score (nSPS) is 14.8. The molecule has 0 bridgehead atoms. The summed E-state index contributed by atoms with van der Waals surface area (Å²) in [5.74, 6) is 0.880. The second-order valence-corrected chi connectivity index (χ2v) is 6.82. The van der Waals surface area contributed by atoms with Gasteiger partial charge in [-0.15, -0.1) is 0 Å². The van der Waals surface area contributed by atoms with E-state index in [0.717, 1.165) is 32.1 Å². The molecule has 0 spiro atoms. The topological polar surface area (TPSA) is 75.0 Å². The van der Waals surface area contributed by atoms with Gasteiger partial charge in [0, 0.05) is 45.1 Å². The first-order valence-electron chi connectivity index (χ1n) is 10.2. The van der Waals surface area contributed by atoms with Crippen molar-refractivity contribution in [3.05, 3.63) is 53.9 Å². The molecule has 8 heteroatoms. The molecule has 2 aromatic rings. The number of rotatable bonds is 6. The Morgan fingerprint density at radius 1 is 1.10 bits per heavy atom. The SMILES string of the molecule is CCNC(=NCc1ccccc1Cn1cccn1)N1CCN(C(=O)OCC)CC1. The number of hydrogen-bond acceptors (Lipinski definition) is 4. The number of carbonyl (C=O) groups is 1. The Morgan fingerprint density at radius 3 is 2.48 bits per heavy atom. The van der Waals surface area contributed by atoms with Crippen molar-refractivity contribution >= 4 is 12.1 Å². The summed E-state index contributed by atoms with van der Waals surface area (Å²) < 4.78 is 7.02. The maximum Gasteiger partial charge on any atom is 0.409 e. The molecule has 0 atom stereocenters. The van der Waals surface area contributed by atoms with Crippen LogP contribution in [0.4, 0.5) is 4.79 Å². The van der Waals surface area contributed by atoms with Crippen molar-refractivity contribution in [3.8, 4) is 0 Å². The highest BCUT2D eigenvalue weighted by molar-refractivity contribution is 5.80. The Balaban J connectivity index is 1.65. The predicted octanol–water partition coefficient (Wildman–Crippen LogP) is 2.17. The fourth-order valence-corrected chi connectivity index (χ4v) is 3.34. The van der Waals surface area contributed by atoms with Crippen LogP contribution in [0.25, 0.3) is 0 Å². The van der Waals surface area contributed by atoms with Gasteiger partial charge in [0.05, 0.1) is 19.7 Å². The molecule has 1 aromatic heterocycles. The van der Waals surface area contributed by atoms with E-state index in [2.05, 4.69) is 34.4 Å². The number of benzene rings is 1. The van der Waals surface area contributed by atoms with E-state index in [1.807, 2.05) is 36.0 Å². The molecule has 0 aliphatic carbocycles. The zero-order chi connectivity index (χ0) is 20.5. The fraction of sp³-hybridized carbons (Fsp3) is 0.476. The van der Waals surface area contributed by atoms with Gasteiger partial charge in [-0.2, -0.15) is 5.10 Å². The van der Waals surface area contributed by atoms with Gasteiger partial charge in [-0.3, -0.25) is 4.68 Å². The van der Waals surface area contributed by atoms with Crippen molar-refractivity contribution in [2.45, 2.75) is 26.9 Å². The van der Waals surface area contributed by atoms with Gasteiger partial charge < -0.3 is 19.9 Å². The van der Waals surface area contributed by atoms with E-state index in [1.165, 1.54) is 11.1 Å². The third-order valence-corrected chi connectivity index (χ3v) is 4.85. The second kappa shape index (κ2) is 10.5. The Hall–Kier alpha value is -3.03. The summed E-state index contributed by atoms with van der Waals surface area (Å²) >= 11 is 0. The molecule has 156 valence electrons. The molecule has 3 rings (SSSR count). The number of amides is 1. The van der Waals surface area contributed by atoms with Crippen LogP contribution < -0.4 is 5.32 Å². The highest BCUT2D eigenvalue weighted by Gasteiger charge is 2.23. The lowest BCUT2D eigenvalue weighted by molar-refractivity contribution is 0.0914. The van der Waals surface area contributed by atoms with Crippen LogP contribution in [0.15, 0.2) is 47.7 Å². The van der Waals surface area contributed by atoms with Crippen LogP contribution >= 0.6 is 0 Å². The third kappa shape index (κ3) is 5.73. The standard InChI is InChI=1S/C21H30N6O2/c1-3-22-20(25-12-14-26(15-13-25)21(28)29-4-2)23-16-18-8-5-6-9-19(18)17-27-11-7-10-24-27/h5-11H,3-4,12-17H2,1-2H3,(H,22,23). The van der Waals surface area contributed by atoms with Gasteiger partial charge in [-0.05, 0) is 31.0 Å². The minimum absolute atomic E-state index is 0.235. The average Bonchev–Trinajstić information content (AvgIpc) is 3.25. The molecule has 8 nitrogen and oxygen atoms in total. The Bertz CT molecular complexity index is 797. The van der Waals surface area contributed by atoms with E-state index in [9.17, 15) is 4.79 Å². The van der Waals surface area contributed by atoms with E-state index in [-0.39, 0.29) is 6.09 Å². The van der Waals surface area contributed by atoms with E-state index < -0.39 is 0 Å². The monoisotopic (exact) mass is 398 g/mol. The van der Waals surface area contributed by atoms with Crippen molar-refractivity contribution in [2.75, 3.05) is 39.3 Å². The molecule has 1 amide bonds. The molecule has 1 N–H and O–H groups in total. The minimum atomic E-state index is -0.235. The summed E-state index contributed by atoms with van der Waals surface area (Å²) in [4.78, 5) is 20.7. The summed E-state index contributed by atoms with van der Waals surface area (Å²) in [6.07, 6.45) is 3.52. The van der Waals surface area contributed by atoms with Crippen LogP contribution in [-0.2, 0) is 17.8 Å². The molecule has 0 saturated carbocycles. The van der Waals surface area contributed by atoms with Crippen molar-refractivity contribution in [3.63, 3.8) is 0 Å². The summed E-state index contributed by atoms with van der Waals surface area (Å²) in [5, 5.41) is 7.68. The molecule has 1 aromatic carbocycles. The van der Waals surface area contributed by atoms with Gasteiger partial charge in [-0.1, -0.05) is 24.3 Å². The van der Waals surface area contributed by atoms with Crippen LogP contribution in [-0.4, -0.2) is 71.0 Å². The van der Waals surface area contributed by atoms with E-state index >= 15 is 0 Å². The molecule has 2 heterocycles.